The Hall–Kier alpha value is -3.04. The van der Waals surface area contributed by atoms with E-state index in [-0.39, 0.29) is 17.6 Å². The van der Waals surface area contributed by atoms with Crippen LogP contribution in [0.4, 0.5) is 10.5 Å². The Balaban J connectivity index is 1.69. The van der Waals surface area contributed by atoms with Gasteiger partial charge in [-0.05, 0) is 42.1 Å². The maximum absolute atomic E-state index is 12.6. The van der Waals surface area contributed by atoms with Gasteiger partial charge < -0.3 is 19.7 Å². The molecule has 0 saturated carbocycles. The Labute approximate surface area is 189 Å². The number of carbonyl (C=O) groups is 2. The Kier molecular flexibility index (Phi) is 7.54. The second-order valence-electron chi connectivity index (χ2n) is 6.70. The smallest absolute Gasteiger partial charge is 0.286 e. The molecule has 162 valence electrons. The lowest BCUT2D eigenvalue weighted by Gasteiger charge is -2.12. The number of nitrogens with zero attached hydrogens (tertiary/aromatic N) is 2. The molecule has 3 aromatic rings. The molecule has 0 unspecified atom stereocenters. The summed E-state index contributed by atoms with van der Waals surface area (Å²) in [6.45, 7) is 0. The SMILES string of the molecule is COc1ccc(-c2nc(CC(=O)Nc3ccccc3SC(=O)N(C)C)cs2)cc1OC. The molecule has 0 radical (unpaired) electrons. The van der Waals surface area contributed by atoms with Gasteiger partial charge in [0.1, 0.15) is 5.01 Å². The number of nitrogens with one attached hydrogen (secondary N) is 1. The molecule has 0 atom stereocenters. The third-order valence-corrected chi connectivity index (χ3v) is 6.30. The largest absolute Gasteiger partial charge is 0.493 e. The molecule has 0 saturated heterocycles. The van der Waals surface area contributed by atoms with Gasteiger partial charge in [0.05, 0.1) is 32.0 Å². The number of ether oxygens (including phenoxy) is 2. The van der Waals surface area contributed by atoms with Crippen molar-refractivity contribution in [2.75, 3.05) is 33.6 Å². The summed E-state index contributed by atoms with van der Waals surface area (Å²) in [4.78, 5) is 31.4. The van der Waals surface area contributed by atoms with E-state index in [1.807, 2.05) is 35.7 Å². The minimum Gasteiger partial charge on any atom is -0.493 e. The number of thiazole rings is 1. The van der Waals surface area contributed by atoms with E-state index in [2.05, 4.69) is 10.3 Å². The van der Waals surface area contributed by atoms with Gasteiger partial charge in [0.25, 0.3) is 5.24 Å². The van der Waals surface area contributed by atoms with Gasteiger partial charge in [-0.25, -0.2) is 4.98 Å². The summed E-state index contributed by atoms with van der Waals surface area (Å²) in [5.74, 6) is 1.07. The predicted octanol–water partition coefficient (Wildman–Crippen LogP) is 4.78. The number of benzene rings is 2. The fourth-order valence-electron chi connectivity index (χ4n) is 2.69. The minimum absolute atomic E-state index is 0.110. The first-order valence-electron chi connectivity index (χ1n) is 9.36. The summed E-state index contributed by atoms with van der Waals surface area (Å²) in [5.41, 5.74) is 2.16. The van der Waals surface area contributed by atoms with Gasteiger partial charge in [-0.1, -0.05) is 12.1 Å². The summed E-state index contributed by atoms with van der Waals surface area (Å²) < 4.78 is 10.6. The number of carbonyl (C=O) groups excluding carboxylic acids is 2. The standard InChI is InChI=1S/C22H23N3O4S2/c1-25(2)22(27)31-19-8-6-5-7-16(19)24-20(26)12-15-13-30-21(23-15)14-9-10-17(28-3)18(11-14)29-4/h5-11,13H,12H2,1-4H3,(H,24,26). The number of amides is 2. The average molecular weight is 458 g/mol. The van der Waals surface area contributed by atoms with Crippen LogP contribution in [0.15, 0.2) is 52.7 Å². The van der Waals surface area contributed by atoms with Crippen molar-refractivity contribution in [2.24, 2.45) is 0 Å². The number of hydrogen-bond acceptors (Lipinski definition) is 7. The van der Waals surface area contributed by atoms with Crippen LogP contribution in [-0.4, -0.2) is 49.3 Å². The van der Waals surface area contributed by atoms with Gasteiger partial charge in [0.2, 0.25) is 5.91 Å². The molecule has 1 aromatic heterocycles. The molecule has 9 heteroatoms. The molecule has 0 aliphatic rings. The summed E-state index contributed by atoms with van der Waals surface area (Å²) in [7, 11) is 6.55. The number of para-hydroxylation sites is 1. The van der Waals surface area contributed by atoms with E-state index in [4.69, 9.17) is 9.47 Å². The highest BCUT2D eigenvalue weighted by Crippen LogP contribution is 2.34. The van der Waals surface area contributed by atoms with Gasteiger partial charge in [0, 0.05) is 29.9 Å². The maximum Gasteiger partial charge on any atom is 0.286 e. The molecule has 2 amide bonds. The number of thioether (sulfide) groups is 1. The fraction of sp³-hybridized carbons (Fsp3) is 0.227. The van der Waals surface area contributed by atoms with Gasteiger partial charge in [0.15, 0.2) is 11.5 Å². The number of methoxy groups -OCH3 is 2. The molecule has 2 aromatic carbocycles. The van der Waals surface area contributed by atoms with Crippen LogP contribution in [0, 0.1) is 0 Å². The summed E-state index contributed by atoms with van der Waals surface area (Å²) in [6.07, 6.45) is 0.129. The van der Waals surface area contributed by atoms with Crippen molar-refractivity contribution in [3.8, 4) is 22.1 Å². The third kappa shape index (κ3) is 5.77. The van der Waals surface area contributed by atoms with E-state index >= 15 is 0 Å². The lowest BCUT2D eigenvalue weighted by molar-refractivity contribution is -0.115. The first kappa shape index (κ1) is 22.6. The second-order valence-corrected chi connectivity index (χ2v) is 8.55. The topological polar surface area (TPSA) is 80.8 Å². The van der Waals surface area contributed by atoms with Crippen molar-refractivity contribution in [3.05, 3.63) is 53.5 Å². The lowest BCUT2D eigenvalue weighted by Crippen LogP contribution is -2.18. The highest BCUT2D eigenvalue weighted by atomic mass is 32.2. The van der Waals surface area contributed by atoms with E-state index in [0.29, 0.717) is 27.8 Å². The fourth-order valence-corrected chi connectivity index (χ4v) is 4.26. The maximum atomic E-state index is 12.6. The van der Waals surface area contributed by atoms with Crippen LogP contribution >= 0.6 is 23.1 Å². The van der Waals surface area contributed by atoms with Crippen LogP contribution in [0.1, 0.15) is 5.69 Å². The number of aromatic nitrogens is 1. The van der Waals surface area contributed by atoms with Crippen molar-refractivity contribution in [2.45, 2.75) is 11.3 Å². The zero-order chi connectivity index (χ0) is 22.4. The molecule has 0 spiro atoms. The molecule has 3 rings (SSSR count). The molecule has 0 fully saturated rings. The van der Waals surface area contributed by atoms with Crippen LogP contribution in [0.5, 0.6) is 11.5 Å². The van der Waals surface area contributed by atoms with E-state index in [1.165, 1.54) is 16.2 Å². The van der Waals surface area contributed by atoms with Crippen LogP contribution in [-0.2, 0) is 11.2 Å². The summed E-state index contributed by atoms with van der Waals surface area (Å²) in [5, 5.41) is 5.42. The van der Waals surface area contributed by atoms with Crippen LogP contribution in [0.2, 0.25) is 0 Å². The first-order valence-corrected chi connectivity index (χ1v) is 11.1. The van der Waals surface area contributed by atoms with Gasteiger partial charge in [-0.2, -0.15) is 0 Å². The zero-order valence-electron chi connectivity index (χ0n) is 17.7. The van der Waals surface area contributed by atoms with E-state index in [0.717, 1.165) is 22.3 Å². The predicted molar refractivity (Wildman–Crippen MR) is 124 cm³/mol. The molecule has 7 nitrogen and oxygen atoms in total. The van der Waals surface area contributed by atoms with Crippen LogP contribution in [0.3, 0.4) is 0 Å². The highest BCUT2D eigenvalue weighted by Gasteiger charge is 2.15. The zero-order valence-corrected chi connectivity index (χ0v) is 19.3. The highest BCUT2D eigenvalue weighted by molar-refractivity contribution is 8.13. The molecule has 0 aliphatic heterocycles. The Morgan fingerprint density at radius 3 is 2.55 bits per heavy atom. The number of rotatable bonds is 7. The van der Waals surface area contributed by atoms with Crippen molar-refractivity contribution in [3.63, 3.8) is 0 Å². The van der Waals surface area contributed by atoms with Crippen LogP contribution in [0.25, 0.3) is 10.6 Å². The summed E-state index contributed by atoms with van der Waals surface area (Å²) in [6, 6.07) is 12.8. The van der Waals surface area contributed by atoms with E-state index in [9.17, 15) is 9.59 Å². The molecule has 1 heterocycles. The van der Waals surface area contributed by atoms with E-state index < -0.39 is 0 Å². The van der Waals surface area contributed by atoms with E-state index in [1.54, 1.807) is 40.4 Å². The van der Waals surface area contributed by atoms with Gasteiger partial charge >= 0.3 is 0 Å². The summed E-state index contributed by atoms with van der Waals surface area (Å²) >= 11 is 2.53. The lowest BCUT2D eigenvalue weighted by atomic mass is 10.2. The minimum atomic E-state index is -0.200. The van der Waals surface area contributed by atoms with Gasteiger partial charge in [-0.3, -0.25) is 9.59 Å². The van der Waals surface area contributed by atoms with Crippen molar-refractivity contribution >= 4 is 39.9 Å². The monoisotopic (exact) mass is 457 g/mol. The average Bonchev–Trinajstić information content (AvgIpc) is 3.22. The Morgan fingerprint density at radius 1 is 1.10 bits per heavy atom. The molecule has 0 bridgehead atoms. The van der Waals surface area contributed by atoms with Gasteiger partial charge in [-0.15, -0.1) is 11.3 Å². The normalized spacial score (nSPS) is 10.5. The number of anilines is 1. The quantitative estimate of drug-likeness (QED) is 0.514. The second kappa shape index (κ2) is 10.3. The number of hydrogen-bond donors (Lipinski definition) is 1. The molecule has 1 N–H and O–H groups in total. The molecular weight excluding hydrogens is 434 g/mol. The Bertz CT molecular complexity index is 1080. The first-order chi connectivity index (χ1) is 14.9. The molecular formula is C22H23N3O4S2. The van der Waals surface area contributed by atoms with Crippen molar-refractivity contribution in [1.82, 2.24) is 9.88 Å². The third-order valence-electron chi connectivity index (χ3n) is 4.25. The van der Waals surface area contributed by atoms with Crippen molar-refractivity contribution < 1.29 is 19.1 Å². The molecule has 31 heavy (non-hydrogen) atoms. The molecule has 0 aliphatic carbocycles. The van der Waals surface area contributed by atoms with Crippen molar-refractivity contribution in [1.29, 1.82) is 0 Å². The Morgan fingerprint density at radius 2 is 1.84 bits per heavy atom. The van der Waals surface area contributed by atoms with Crippen LogP contribution < -0.4 is 14.8 Å².